The molecule has 3 N–H and O–H groups in total. The maximum Gasteiger partial charge on any atom is 0.335 e. The summed E-state index contributed by atoms with van der Waals surface area (Å²) >= 11 is 0. The number of carbonyl (C=O) groups excluding carboxylic acids is 2. The molecule has 4 aliphatic rings. The fraction of sp³-hybridized carbons (Fsp3) is 0.607. The molecule has 0 amide bonds. The smallest absolute Gasteiger partial charge is 0.335 e. The van der Waals surface area contributed by atoms with E-state index in [-0.39, 0.29) is 40.8 Å². The van der Waals surface area contributed by atoms with Crippen molar-refractivity contribution in [1.82, 2.24) is 0 Å². The summed E-state index contributed by atoms with van der Waals surface area (Å²) in [7, 11) is 0. The van der Waals surface area contributed by atoms with Gasteiger partial charge < -0.3 is 15.3 Å². The Kier molecular flexibility index (Phi) is 6.85. The van der Waals surface area contributed by atoms with Crippen molar-refractivity contribution in [2.24, 2.45) is 34.5 Å². The number of benzene rings is 1. The Morgan fingerprint density at radius 2 is 1.76 bits per heavy atom. The summed E-state index contributed by atoms with van der Waals surface area (Å²) < 4.78 is 0. The first-order valence-electron chi connectivity index (χ1n) is 12.5. The lowest BCUT2D eigenvalue weighted by Crippen LogP contribution is -2.57. The molecule has 0 saturated heterocycles. The predicted octanol–water partition coefficient (Wildman–Crippen LogP) is 4.05. The van der Waals surface area contributed by atoms with Crippen LogP contribution >= 0.6 is 0 Å². The standard InChI is InChI=1S/C21H30O4.C7H6O2/c1-20-8-7-13(23)9-12(20)3-4-14-15-5-6-16(18(25)11-22)21(15,2)10-17(24)19(14)20;8-7(9)6-4-2-1-3-5-6/h9,14-17,19,22,24H,3-8,10-11H2,1-2H3;1-5H,(H,8,9)/t14-,15-,16+,17-,19+,20-,21-;/m0./s1. The highest BCUT2D eigenvalue weighted by molar-refractivity contribution is 5.91. The van der Waals surface area contributed by atoms with E-state index in [1.807, 2.05) is 6.08 Å². The highest BCUT2D eigenvalue weighted by Gasteiger charge is 2.62. The summed E-state index contributed by atoms with van der Waals surface area (Å²) in [6.07, 6.45) is 7.32. The Morgan fingerprint density at radius 1 is 1.06 bits per heavy atom. The summed E-state index contributed by atoms with van der Waals surface area (Å²) in [4.78, 5) is 34.4. The Hall–Kier alpha value is -2.31. The van der Waals surface area contributed by atoms with Crippen molar-refractivity contribution in [3.05, 3.63) is 47.5 Å². The number of carbonyl (C=O) groups is 3. The van der Waals surface area contributed by atoms with Gasteiger partial charge in [0.25, 0.3) is 0 Å². The number of fused-ring (bicyclic) bond motifs is 5. The van der Waals surface area contributed by atoms with Gasteiger partial charge in [0.15, 0.2) is 11.6 Å². The van der Waals surface area contributed by atoms with Gasteiger partial charge in [0.1, 0.15) is 6.61 Å². The zero-order valence-corrected chi connectivity index (χ0v) is 20.1. The van der Waals surface area contributed by atoms with Crippen molar-refractivity contribution in [2.45, 2.75) is 64.9 Å². The van der Waals surface area contributed by atoms with Crippen LogP contribution in [0.4, 0.5) is 0 Å². The van der Waals surface area contributed by atoms with Crippen molar-refractivity contribution in [3.63, 3.8) is 0 Å². The number of Topliss-reactive ketones (excluding diaryl/α,β-unsaturated/α-hetero) is 1. The van der Waals surface area contributed by atoms with Crippen LogP contribution in [0.5, 0.6) is 0 Å². The number of hydrogen-bond donors (Lipinski definition) is 3. The summed E-state index contributed by atoms with van der Waals surface area (Å²) in [5, 5.41) is 28.9. The van der Waals surface area contributed by atoms with E-state index in [0.29, 0.717) is 30.2 Å². The normalized spacial score (nSPS) is 38.4. The van der Waals surface area contributed by atoms with Crippen LogP contribution in [0.2, 0.25) is 0 Å². The minimum atomic E-state index is -0.879. The van der Waals surface area contributed by atoms with Crippen LogP contribution in [-0.4, -0.2) is 45.6 Å². The molecule has 3 fully saturated rings. The second-order valence-corrected chi connectivity index (χ2v) is 11.1. The van der Waals surface area contributed by atoms with Crippen LogP contribution in [0.25, 0.3) is 0 Å². The van der Waals surface area contributed by atoms with E-state index >= 15 is 0 Å². The van der Waals surface area contributed by atoms with Crippen LogP contribution in [0.3, 0.4) is 0 Å². The van der Waals surface area contributed by atoms with Gasteiger partial charge in [-0.2, -0.15) is 0 Å². The largest absolute Gasteiger partial charge is 0.478 e. The Balaban J connectivity index is 0.000000257. The van der Waals surface area contributed by atoms with Gasteiger partial charge in [0, 0.05) is 12.3 Å². The number of allylic oxidation sites excluding steroid dienone is 1. The molecule has 1 aromatic rings. The van der Waals surface area contributed by atoms with Crippen molar-refractivity contribution >= 4 is 17.5 Å². The van der Waals surface area contributed by atoms with E-state index in [9.17, 15) is 24.6 Å². The molecule has 6 nitrogen and oxygen atoms in total. The molecule has 5 rings (SSSR count). The fourth-order valence-corrected chi connectivity index (χ4v) is 7.91. The van der Waals surface area contributed by atoms with Gasteiger partial charge >= 0.3 is 5.97 Å². The molecule has 0 radical (unpaired) electrons. The number of aliphatic hydroxyl groups excluding tert-OH is 2. The Bertz CT molecular complexity index is 984. The lowest BCUT2D eigenvalue weighted by molar-refractivity contribution is -0.146. The molecule has 184 valence electrons. The summed E-state index contributed by atoms with van der Waals surface area (Å²) in [6, 6.07) is 8.30. The summed E-state index contributed by atoms with van der Waals surface area (Å²) in [6.45, 7) is 4.03. The third kappa shape index (κ3) is 4.16. The van der Waals surface area contributed by atoms with Crippen molar-refractivity contribution < 1.29 is 29.7 Å². The Labute approximate surface area is 201 Å². The summed E-state index contributed by atoms with van der Waals surface area (Å²) in [5.41, 5.74) is 1.31. The number of carboxylic acids is 1. The van der Waals surface area contributed by atoms with Crippen LogP contribution in [0.1, 0.15) is 69.2 Å². The zero-order chi connectivity index (χ0) is 24.7. The Morgan fingerprint density at radius 3 is 2.38 bits per heavy atom. The number of aromatic carboxylic acids is 1. The van der Waals surface area contributed by atoms with E-state index in [1.54, 1.807) is 30.3 Å². The molecule has 0 bridgehead atoms. The van der Waals surface area contributed by atoms with Gasteiger partial charge in [-0.15, -0.1) is 0 Å². The predicted molar refractivity (Wildman–Crippen MR) is 127 cm³/mol. The van der Waals surface area contributed by atoms with Gasteiger partial charge in [-0.1, -0.05) is 37.6 Å². The van der Waals surface area contributed by atoms with E-state index in [1.165, 1.54) is 5.57 Å². The van der Waals surface area contributed by atoms with E-state index < -0.39 is 12.1 Å². The maximum absolute atomic E-state index is 12.3. The molecule has 34 heavy (non-hydrogen) atoms. The van der Waals surface area contributed by atoms with E-state index in [4.69, 9.17) is 5.11 Å². The van der Waals surface area contributed by atoms with Crippen LogP contribution in [-0.2, 0) is 9.59 Å². The lowest BCUT2D eigenvalue weighted by Gasteiger charge is -2.59. The lowest BCUT2D eigenvalue weighted by atomic mass is 9.46. The van der Waals surface area contributed by atoms with Crippen molar-refractivity contribution in [2.75, 3.05) is 6.61 Å². The average molecular weight is 469 g/mol. The monoisotopic (exact) mass is 468 g/mol. The number of hydrogen-bond acceptors (Lipinski definition) is 5. The van der Waals surface area contributed by atoms with Crippen molar-refractivity contribution in [3.8, 4) is 0 Å². The molecule has 6 heteroatoms. The molecule has 0 unspecified atom stereocenters. The van der Waals surface area contributed by atoms with Crippen LogP contribution < -0.4 is 0 Å². The molecule has 0 spiro atoms. The summed E-state index contributed by atoms with van der Waals surface area (Å²) in [5.74, 6) is 0.239. The number of carboxylic acid groups (broad SMARTS) is 1. The number of ketones is 2. The minimum Gasteiger partial charge on any atom is -0.478 e. The van der Waals surface area contributed by atoms with Gasteiger partial charge in [-0.3, -0.25) is 9.59 Å². The first-order chi connectivity index (χ1) is 16.1. The van der Waals surface area contributed by atoms with E-state index in [2.05, 4.69) is 13.8 Å². The highest BCUT2D eigenvalue weighted by Crippen LogP contribution is 2.66. The first-order valence-corrected chi connectivity index (χ1v) is 12.5. The van der Waals surface area contributed by atoms with E-state index in [0.717, 1.165) is 32.1 Å². The van der Waals surface area contributed by atoms with Crippen LogP contribution in [0.15, 0.2) is 42.0 Å². The second kappa shape index (κ2) is 9.38. The molecule has 0 heterocycles. The molecular weight excluding hydrogens is 432 g/mol. The quantitative estimate of drug-likeness (QED) is 0.617. The maximum atomic E-state index is 12.3. The van der Waals surface area contributed by atoms with Crippen molar-refractivity contribution in [1.29, 1.82) is 0 Å². The van der Waals surface area contributed by atoms with Crippen LogP contribution in [0, 0.1) is 34.5 Å². The topological polar surface area (TPSA) is 112 Å². The minimum absolute atomic E-state index is 0.0541. The first kappa shape index (κ1) is 24.8. The zero-order valence-electron chi connectivity index (χ0n) is 20.1. The highest BCUT2D eigenvalue weighted by atomic mass is 16.4. The molecule has 3 saturated carbocycles. The van der Waals surface area contributed by atoms with Gasteiger partial charge in [-0.25, -0.2) is 4.79 Å². The third-order valence-electron chi connectivity index (χ3n) is 9.46. The third-order valence-corrected chi connectivity index (χ3v) is 9.46. The molecule has 0 aromatic heterocycles. The molecule has 0 aliphatic heterocycles. The van der Waals surface area contributed by atoms with Gasteiger partial charge in [0.05, 0.1) is 11.7 Å². The second-order valence-electron chi connectivity index (χ2n) is 11.1. The molecule has 4 aliphatic carbocycles. The molecular formula is C28H36O6. The molecule has 7 atom stereocenters. The average Bonchev–Trinajstić information content (AvgIpc) is 3.16. The number of aliphatic hydroxyl groups is 2. The molecule has 1 aromatic carbocycles. The SMILES string of the molecule is C[C@]12C[C@H](O)[C@H]3[C@@H](CCC4=CC(=O)CC[C@@]43C)[C@@H]1CC[C@@H]2C(=O)CO.O=C(O)c1ccccc1. The van der Waals surface area contributed by atoms with Gasteiger partial charge in [0.2, 0.25) is 0 Å². The van der Waals surface area contributed by atoms with Gasteiger partial charge in [-0.05, 0) is 85.3 Å². The fourth-order valence-electron chi connectivity index (χ4n) is 7.91. The number of rotatable bonds is 3.